The molecule has 4 aromatic carbocycles. The summed E-state index contributed by atoms with van der Waals surface area (Å²) in [6, 6.07) is 26.8. The van der Waals surface area contributed by atoms with Crippen molar-refractivity contribution in [3.05, 3.63) is 113 Å². The molecule has 0 aliphatic rings. The third kappa shape index (κ3) is 4.33. The summed E-state index contributed by atoms with van der Waals surface area (Å²) < 4.78 is 48.4. The number of aromatic nitrogens is 1. The predicted molar refractivity (Wildman–Crippen MR) is 128 cm³/mol. The van der Waals surface area contributed by atoms with Gasteiger partial charge in [-0.05, 0) is 42.0 Å². The van der Waals surface area contributed by atoms with Crippen LogP contribution >= 0.6 is 0 Å². The maximum atomic E-state index is 13.5. The van der Waals surface area contributed by atoms with Crippen molar-refractivity contribution in [1.82, 2.24) is 4.57 Å². The first-order valence-electron chi connectivity index (χ1n) is 10.9. The molecule has 0 bridgehead atoms. The Bertz CT molecular complexity index is 1540. The van der Waals surface area contributed by atoms with Crippen LogP contribution in [0.2, 0.25) is 0 Å². The molecule has 7 heteroatoms. The van der Waals surface area contributed by atoms with Gasteiger partial charge in [0, 0.05) is 21.9 Å². The van der Waals surface area contributed by atoms with E-state index >= 15 is 0 Å². The molecule has 1 radical (unpaired) electrons. The number of carbonyl (C=O) groups excluding carboxylic acids is 1. The number of nitrogens with zero attached hydrogens (tertiary/aromatic N) is 1. The molecule has 175 valence electrons. The quantitative estimate of drug-likeness (QED) is 0.313. The normalized spacial score (nSPS) is 11.7. The van der Waals surface area contributed by atoms with E-state index in [1.54, 1.807) is 22.8 Å². The second-order valence-corrected chi connectivity index (χ2v) is 8.18. The molecule has 1 aromatic heterocycles. The average molecular weight is 473 g/mol. The van der Waals surface area contributed by atoms with E-state index in [4.69, 9.17) is 10.5 Å². The first kappa shape index (κ1) is 22.5. The van der Waals surface area contributed by atoms with Gasteiger partial charge in [-0.3, -0.25) is 4.79 Å². The average Bonchev–Trinajstić information content (AvgIpc) is 3.16. The van der Waals surface area contributed by atoms with E-state index in [1.807, 2.05) is 54.6 Å². The molecule has 35 heavy (non-hydrogen) atoms. The summed E-state index contributed by atoms with van der Waals surface area (Å²) in [5.41, 5.74) is 7.68. The minimum atomic E-state index is -4.53. The van der Waals surface area contributed by atoms with Crippen molar-refractivity contribution in [3.63, 3.8) is 0 Å². The smallest absolute Gasteiger partial charge is 0.416 e. The largest absolute Gasteiger partial charge is 0.489 e. The van der Waals surface area contributed by atoms with Crippen LogP contribution in [0, 0.1) is 6.07 Å². The van der Waals surface area contributed by atoms with Crippen LogP contribution in [-0.4, -0.2) is 10.5 Å². The fourth-order valence-corrected chi connectivity index (χ4v) is 4.28. The van der Waals surface area contributed by atoms with Gasteiger partial charge in [-0.25, -0.2) is 0 Å². The molecule has 0 unspecified atom stereocenters. The zero-order valence-corrected chi connectivity index (χ0v) is 18.5. The van der Waals surface area contributed by atoms with Crippen LogP contribution < -0.4 is 10.5 Å². The van der Waals surface area contributed by atoms with Gasteiger partial charge in [0.25, 0.3) is 0 Å². The predicted octanol–water partition coefficient (Wildman–Crippen LogP) is 6.34. The molecule has 1 amide bonds. The number of halogens is 3. The van der Waals surface area contributed by atoms with Crippen LogP contribution in [0.3, 0.4) is 0 Å². The molecule has 0 aliphatic carbocycles. The summed E-state index contributed by atoms with van der Waals surface area (Å²) in [4.78, 5) is 12.1. The maximum absolute atomic E-state index is 13.5. The van der Waals surface area contributed by atoms with Gasteiger partial charge in [-0.15, -0.1) is 0 Å². The van der Waals surface area contributed by atoms with Crippen LogP contribution in [0.15, 0.2) is 84.9 Å². The lowest BCUT2D eigenvalue weighted by atomic mass is 10.0. The van der Waals surface area contributed by atoms with Crippen LogP contribution in [0.5, 0.6) is 5.75 Å². The zero-order chi connectivity index (χ0) is 24.6. The highest BCUT2D eigenvalue weighted by atomic mass is 19.4. The molecule has 5 rings (SSSR count). The molecule has 0 fully saturated rings. The highest BCUT2D eigenvalue weighted by Gasteiger charge is 2.31. The number of rotatable bonds is 6. The Morgan fingerprint density at radius 3 is 2.43 bits per heavy atom. The highest BCUT2D eigenvalue weighted by Crippen LogP contribution is 2.37. The number of primary amides is 1. The number of benzene rings is 4. The van der Waals surface area contributed by atoms with Crippen molar-refractivity contribution in [2.45, 2.75) is 19.3 Å². The van der Waals surface area contributed by atoms with Crippen LogP contribution in [-0.2, 0) is 19.3 Å². The van der Waals surface area contributed by atoms with Crippen LogP contribution in [0.4, 0.5) is 13.2 Å². The number of nitrogens with two attached hydrogens (primary N) is 1. The number of fused-ring (bicyclic) bond motifs is 3. The van der Waals surface area contributed by atoms with Crippen LogP contribution in [0.1, 0.15) is 27.0 Å². The van der Waals surface area contributed by atoms with Gasteiger partial charge in [0.1, 0.15) is 12.4 Å². The number of alkyl halides is 3. The minimum Gasteiger partial charge on any atom is -0.489 e. The Labute approximate surface area is 199 Å². The summed E-state index contributed by atoms with van der Waals surface area (Å²) in [5, 5.41) is 0.886. The third-order valence-corrected chi connectivity index (χ3v) is 5.93. The minimum absolute atomic E-state index is 0.225. The van der Waals surface area contributed by atoms with Crippen molar-refractivity contribution in [2.24, 2.45) is 5.73 Å². The Kier molecular flexibility index (Phi) is 5.68. The van der Waals surface area contributed by atoms with Gasteiger partial charge in [0.2, 0.25) is 5.91 Å². The fourth-order valence-electron chi connectivity index (χ4n) is 4.28. The third-order valence-electron chi connectivity index (χ3n) is 5.93. The maximum Gasteiger partial charge on any atom is 0.416 e. The van der Waals surface area contributed by atoms with Crippen molar-refractivity contribution in [1.29, 1.82) is 0 Å². The lowest BCUT2D eigenvalue weighted by molar-refractivity contribution is -0.137. The summed E-state index contributed by atoms with van der Waals surface area (Å²) in [5.74, 6) is -0.0390. The number of amides is 1. The van der Waals surface area contributed by atoms with Gasteiger partial charge < -0.3 is 15.0 Å². The van der Waals surface area contributed by atoms with E-state index in [-0.39, 0.29) is 12.1 Å². The van der Waals surface area contributed by atoms with Gasteiger partial charge in [0.05, 0.1) is 23.1 Å². The van der Waals surface area contributed by atoms with Gasteiger partial charge in [0.15, 0.2) is 0 Å². The molecule has 2 N–H and O–H groups in total. The van der Waals surface area contributed by atoms with Gasteiger partial charge >= 0.3 is 6.18 Å². The zero-order valence-electron chi connectivity index (χ0n) is 18.5. The van der Waals surface area contributed by atoms with Crippen LogP contribution in [0.25, 0.3) is 21.8 Å². The molecule has 1 heterocycles. The second kappa shape index (κ2) is 8.83. The Morgan fingerprint density at radius 1 is 0.943 bits per heavy atom. The molecule has 0 saturated carbocycles. The van der Waals surface area contributed by atoms with Crippen molar-refractivity contribution < 1.29 is 22.7 Å². The van der Waals surface area contributed by atoms with Gasteiger partial charge in [-0.2, -0.15) is 13.2 Å². The molecular formula is C28H20F3N2O2. The number of para-hydroxylation sites is 1. The van der Waals surface area contributed by atoms with E-state index in [1.165, 1.54) is 0 Å². The Balaban J connectivity index is 1.65. The topological polar surface area (TPSA) is 57.2 Å². The monoisotopic (exact) mass is 473 g/mol. The van der Waals surface area contributed by atoms with Crippen molar-refractivity contribution in [3.8, 4) is 5.75 Å². The van der Waals surface area contributed by atoms with Crippen molar-refractivity contribution in [2.75, 3.05) is 0 Å². The molecule has 0 atom stereocenters. The SMILES string of the molecule is NC(=O)c1cccc2c1c1[c]cc(C(F)(F)F)cc1n2Cc1ccccc1OCc1ccccc1. The first-order chi connectivity index (χ1) is 16.8. The summed E-state index contributed by atoms with van der Waals surface area (Å²) in [6.07, 6.45) is -4.53. The molecular weight excluding hydrogens is 453 g/mol. The van der Waals surface area contributed by atoms with E-state index in [2.05, 4.69) is 6.07 Å². The molecule has 0 spiro atoms. The Hall–Kier alpha value is -4.26. The summed E-state index contributed by atoms with van der Waals surface area (Å²) in [7, 11) is 0. The van der Waals surface area contributed by atoms with E-state index in [0.29, 0.717) is 34.2 Å². The fraction of sp³-hybridized carbons (Fsp3) is 0.107. The number of hydrogen-bond acceptors (Lipinski definition) is 2. The first-order valence-corrected chi connectivity index (χ1v) is 10.9. The summed E-state index contributed by atoms with van der Waals surface area (Å²) >= 11 is 0. The van der Waals surface area contributed by atoms with E-state index < -0.39 is 17.6 Å². The standard InChI is InChI=1S/C28H20F3N2O2/c29-28(30,31)20-13-14-21-24(15-20)33(23-11-6-10-22(26(21)23)27(32)34)16-19-9-4-5-12-25(19)35-17-18-7-2-1-3-8-18/h1-13,15H,16-17H2,(H2,32,34). The molecule has 0 saturated heterocycles. The number of ether oxygens (including phenoxy) is 1. The highest BCUT2D eigenvalue weighted by molar-refractivity contribution is 6.17. The number of hydrogen-bond donors (Lipinski definition) is 1. The second-order valence-electron chi connectivity index (χ2n) is 8.18. The molecule has 5 aromatic rings. The van der Waals surface area contributed by atoms with Crippen molar-refractivity contribution >= 4 is 27.7 Å². The molecule has 0 aliphatic heterocycles. The number of carbonyl (C=O) groups is 1. The van der Waals surface area contributed by atoms with E-state index in [9.17, 15) is 18.0 Å². The Morgan fingerprint density at radius 2 is 1.69 bits per heavy atom. The lowest BCUT2D eigenvalue weighted by Gasteiger charge is -2.14. The van der Waals surface area contributed by atoms with E-state index in [0.717, 1.165) is 23.3 Å². The lowest BCUT2D eigenvalue weighted by Crippen LogP contribution is -2.11. The van der Waals surface area contributed by atoms with Gasteiger partial charge in [-0.1, -0.05) is 54.6 Å². The molecule has 4 nitrogen and oxygen atoms in total. The summed E-state index contributed by atoms with van der Waals surface area (Å²) in [6.45, 7) is 0.575.